The second-order valence-corrected chi connectivity index (χ2v) is 11.0. The topological polar surface area (TPSA) is 51.7 Å². The Balaban J connectivity index is 1.33. The Bertz CT molecular complexity index is 1920. The molecule has 2 aliphatic rings. The lowest BCUT2D eigenvalue weighted by molar-refractivity contribution is 0.408. The van der Waals surface area contributed by atoms with Crippen molar-refractivity contribution in [1.29, 1.82) is 0 Å². The Morgan fingerprint density at radius 2 is 1.26 bits per heavy atom. The van der Waals surface area contributed by atoms with Crippen LogP contribution in [0.25, 0.3) is 10.8 Å². The molecule has 2 aliphatic heterocycles. The molecule has 0 spiro atoms. The van der Waals surface area contributed by atoms with Gasteiger partial charge in [0.2, 0.25) is 0 Å². The summed E-state index contributed by atoms with van der Waals surface area (Å²) in [6, 6.07) is 53.3. The number of fused-ring (bicyclic) bond motifs is 2. The van der Waals surface area contributed by atoms with Crippen molar-refractivity contribution in [2.24, 2.45) is 4.99 Å². The van der Waals surface area contributed by atoms with Gasteiger partial charge in [-0.05, 0) is 40.6 Å². The predicted octanol–water partition coefficient (Wildman–Crippen LogP) is 8.44. The van der Waals surface area contributed by atoms with E-state index in [1.54, 1.807) is 0 Å². The van der Waals surface area contributed by atoms with Crippen molar-refractivity contribution >= 4 is 33.7 Å². The van der Waals surface area contributed by atoms with E-state index in [1.165, 1.54) is 21.9 Å². The Labute approximate surface area is 251 Å². The summed E-state index contributed by atoms with van der Waals surface area (Å²) in [5, 5.41) is 13.8. The molecule has 0 saturated heterocycles. The number of nitrogens with zero attached hydrogens (tertiary/aromatic N) is 2. The highest BCUT2D eigenvalue weighted by molar-refractivity contribution is 6.00. The summed E-state index contributed by atoms with van der Waals surface area (Å²) < 4.78 is 0. The van der Waals surface area contributed by atoms with E-state index in [0.29, 0.717) is 0 Å². The first kappa shape index (κ1) is 25.3. The molecular formula is C38H31N5. The number of amidine groups is 1. The van der Waals surface area contributed by atoms with Crippen LogP contribution < -0.4 is 20.9 Å². The SMILES string of the molecule is c1ccc(C2=NC(c3c(C4Nc5ccccc5N4c4ccccc4)ccc4ccccc34)NC(c3ccccc3)N2)cc1. The van der Waals surface area contributed by atoms with Crippen LogP contribution >= 0.6 is 0 Å². The second kappa shape index (κ2) is 10.8. The highest BCUT2D eigenvalue weighted by Crippen LogP contribution is 2.48. The molecule has 0 aliphatic carbocycles. The summed E-state index contributed by atoms with van der Waals surface area (Å²) in [5.74, 6) is 0.875. The van der Waals surface area contributed by atoms with Gasteiger partial charge in [-0.25, -0.2) is 4.99 Å². The van der Waals surface area contributed by atoms with E-state index >= 15 is 0 Å². The Kier molecular flexibility index (Phi) is 6.35. The summed E-state index contributed by atoms with van der Waals surface area (Å²) in [6.45, 7) is 0. The third kappa shape index (κ3) is 4.60. The molecule has 6 aromatic rings. The number of hydrogen-bond donors (Lipinski definition) is 3. The Morgan fingerprint density at radius 3 is 2.07 bits per heavy atom. The molecule has 0 saturated carbocycles. The van der Waals surface area contributed by atoms with Crippen molar-refractivity contribution < 1.29 is 0 Å². The minimum atomic E-state index is -0.300. The molecular weight excluding hydrogens is 526 g/mol. The molecule has 43 heavy (non-hydrogen) atoms. The first-order valence-corrected chi connectivity index (χ1v) is 14.8. The van der Waals surface area contributed by atoms with E-state index in [0.717, 1.165) is 34.0 Å². The second-order valence-electron chi connectivity index (χ2n) is 11.0. The fourth-order valence-electron chi connectivity index (χ4n) is 6.37. The zero-order valence-corrected chi connectivity index (χ0v) is 23.6. The number of benzene rings is 6. The minimum absolute atomic E-state index is 0.121. The minimum Gasteiger partial charge on any atom is -0.359 e. The third-order valence-electron chi connectivity index (χ3n) is 8.36. The van der Waals surface area contributed by atoms with Crippen molar-refractivity contribution in [3.63, 3.8) is 0 Å². The molecule has 208 valence electrons. The van der Waals surface area contributed by atoms with E-state index in [4.69, 9.17) is 4.99 Å². The molecule has 0 bridgehead atoms. The summed E-state index contributed by atoms with van der Waals surface area (Å²) in [4.78, 5) is 7.78. The van der Waals surface area contributed by atoms with Crippen LogP contribution in [-0.2, 0) is 0 Å². The van der Waals surface area contributed by atoms with Gasteiger partial charge in [-0.1, -0.05) is 127 Å². The molecule has 0 amide bonds. The first-order chi connectivity index (χ1) is 21.3. The zero-order chi connectivity index (χ0) is 28.6. The predicted molar refractivity (Wildman–Crippen MR) is 177 cm³/mol. The molecule has 6 aromatic carbocycles. The van der Waals surface area contributed by atoms with Gasteiger partial charge in [0.15, 0.2) is 0 Å². The molecule has 5 nitrogen and oxygen atoms in total. The van der Waals surface area contributed by atoms with Gasteiger partial charge in [0.25, 0.3) is 0 Å². The maximum atomic E-state index is 5.38. The van der Waals surface area contributed by atoms with Crippen molar-refractivity contribution in [2.45, 2.75) is 18.5 Å². The maximum Gasteiger partial charge on any atom is 0.131 e. The normalized spacial score (nSPS) is 19.3. The molecule has 3 unspecified atom stereocenters. The van der Waals surface area contributed by atoms with Gasteiger partial charge < -0.3 is 15.5 Å². The zero-order valence-electron chi connectivity index (χ0n) is 23.6. The van der Waals surface area contributed by atoms with Crippen LogP contribution in [0.2, 0.25) is 0 Å². The molecule has 3 atom stereocenters. The van der Waals surface area contributed by atoms with E-state index < -0.39 is 0 Å². The largest absolute Gasteiger partial charge is 0.359 e. The van der Waals surface area contributed by atoms with Gasteiger partial charge in [0, 0.05) is 22.4 Å². The van der Waals surface area contributed by atoms with Crippen LogP contribution in [0.3, 0.4) is 0 Å². The fraction of sp³-hybridized carbons (Fsp3) is 0.0789. The number of rotatable bonds is 5. The van der Waals surface area contributed by atoms with Crippen LogP contribution in [0.1, 0.15) is 40.8 Å². The van der Waals surface area contributed by atoms with E-state index in [9.17, 15) is 0 Å². The quantitative estimate of drug-likeness (QED) is 0.199. The summed E-state index contributed by atoms with van der Waals surface area (Å²) >= 11 is 0. The van der Waals surface area contributed by atoms with Crippen LogP contribution in [0.15, 0.2) is 157 Å². The van der Waals surface area contributed by atoms with Crippen molar-refractivity contribution in [3.05, 3.63) is 174 Å². The van der Waals surface area contributed by atoms with E-state index in [-0.39, 0.29) is 18.5 Å². The first-order valence-electron chi connectivity index (χ1n) is 14.8. The van der Waals surface area contributed by atoms with E-state index in [1.807, 2.05) is 6.07 Å². The molecule has 8 rings (SSSR count). The lowest BCUT2D eigenvalue weighted by Gasteiger charge is -2.35. The third-order valence-corrected chi connectivity index (χ3v) is 8.36. The highest BCUT2D eigenvalue weighted by Gasteiger charge is 2.36. The molecule has 0 aromatic heterocycles. The molecule has 3 N–H and O–H groups in total. The summed E-state index contributed by atoms with van der Waals surface area (Å²) in [6.07, 6.45) is -0.544. The highest BCUT2D eigenvalue weighted by atomic mass is 15.3. The smallest absolute Gasteiger partial charge is 0.131 e. The van der Waals surface area contributed by atoms with Gasteiger partial charge in [0.05, 0.1) is 11.4 Å². The average Bonchev–Trinajstić information content (AvgIpc) is 3.48. The number of nitrogens with one attached hydrogen (secondary N) is 3. The van der Waals surface area contributed by atoms with Gasteiger partial charge in [-0.2, -0.15) is 0 Å². The summed E-state index contributed by atoms with van der Waals surface area (Å²) in [7, 11) is 0. The maximum absolute atomic E-state index is 5.38. The number of hydrogen-bond acceptors (Lipinski definition) is 5. The molecule has 2 heterocycles. The van der Waals surface area contributed by atoms with Crippen LogP contribution in [0.5, 0.6) is 0 Å². The molecule has 0 fully saturated rings. The van der Waals surface area contributed by atoms with Crippen LogP contribution in [0.4, 0.5) is 17.1 Å². The van der Waals surface area contributed by atoms with E-state index in [2.05, 4.69) is 166 Å². The number of para-hydroxylation sites is 3. The van der Waals surface area contributed by atoms with Gasteiger partial charge in [-0.3, -0.25) is 5.32 Å². The Morgan fingerprint density at radius 1 is 0.581 bits per heavy atom. The van der Waals surface area contributed by atoms with Gasteiger partial charge in [0.1, 0.15) is 24.3 Å². The van der Waals surface area contributed by atoms with Gasteiger partial charge >= 0.3 is 0 Å². The van der Waals surface area contributed by atoms with Crippen LogP contribution in [0, 0.1) is 0 Å². The lowest BCUT2D eigenvalue weighted by atomic mass is 9.93. The lowest BCUT2D eigenvalue weighted by Crippen LogP contribution is -2.45. The van der Waals surface area contributed by atoms with Crippen molar-refractivity contribution in [1.82, 2.24) is 10.6 Å². The standard InChI is InChI=1S/C38H31N5/c1-4-15-27(16-5-1)35-40-36(28-17-6-2-7-18-28)42-37(41-35)34-30-21-11-10-14-26(30)24-25-31(34)38-39-32-22-12-13-23-33(32)43(38)29-19-8-3-9-20-29/h1-25,35,37-39,41H,(H,40,42). The fourth-order valence-corrected chi connectivity index (χ4v) is 6.37. The van der Waals surface area contributed by atoms with Crippen LogP contribution in [-0.4, -0.2) is 5.84 Å². The monoisotopic (exact) mass is 557 g/mol. The number of anilines is 3. The van der Waals surface area contributed by atoms with Crippen molar-refractivity contribution in [3.8, 4) is 0 Å². The average molecular weight is 558 g/mol. The van der Waals surface area contributed by atoms with Gasteiger partial charge in [-0.15, -0.1) is 0 Å². The molecule has 5 heteroatoms. The van der Waals surface area contributed by atoms with Crippen molar-refractivity contribution in [2.75, 3.05) is 10.2 Å². The Hall–Kier alpha value is -5.39. The number of aliphatic imine (C=N–C) groups is 1. The summed E-state index contributed by atoms with van der Waals surface area (Å²) in [5.41, 5.74) is 7.99. The molecule has 0 radical (unpaired) electrons.